The third kappa shape index (κ3) is 3.17. The molecule has 1 fully saturated rings. The van der Waals surface area contributed by atoms with Crippen LogP contribution >= 0.6 is 0 Å². The molecule has 0 bridgehead atoms. The van der Waals surface area contributed by atoms with Crippen LogP contribution in [0.4, 0.5) is 19.1 Å². The number of carbonyl (C=O) groups is 1. The van der Waals surface area contributed by atoms with Gasteiger partial charge in [-0.3, -0.25) is 0 Å². The Labute approximate surface area is 136 Å². The first-order valence-corrected chi connectivity index (χ1v) is 7.28. The first-order valence-electron chi connectivity index (χ1n) is 7.28. The molecule has 2 aromatic rings. The largest absolute Gasteiger partial charge is 0.465 e. The van der Waals surface area contributed by atoms with Crippen LogP contribution in [-0.4, -0.2) is 36.1 Å². The zero-order valence-corrected chi connectivity index (χ0v) is 12.8. The molecular formula is C16H14F3N3O2. The van der Waals surface area contributed by atoms with E-state index in [-0.39, 0.29) is 11.6 Å². The van der Waals surface area contributed by atoms with Crippen molar-refractivity contribution in [1.29, 1.82) is 0 Å². The lowest BCUT2D eigenvalue weighted by molar-refractivity contribution is -0.141. The van der Waals surface area contributed by atoms with Crippen LogP contribution in [0, 0.1) is 0 Å². The van der Waals surface area contributed by atoms with Gasteiger partial charge in [-0.15, -0.1) is 0 Å². The number of benzene rings is 1. The van der Waals surface area contributed by atoms with Gasteiger partial charge < -0.3 is 9.64 Å². The maximum absolute atomic E-state index is 13.1. The molecular weight excluding hydrogens is 323 g/mol. The summed E-state index contributed by atoms with van der Waals surface area (Å²) in [7, 11) is 1.26. The third-order valence-electron chi connectivity index (χ3n) is 3.75. The summed E-state index contributed by atoms with van der Waals surface area (Å²) in [6.45, 7) is 1.28. The molecule has 1 aromatic heterocycles. The summed E-state index contributed by atoms with van der Waals surface area (Å²) >= 11 is 0. The van der Waals surface area contributed by atoms with Gasteiger partial charge in [-0.2, -0.15) is 13.2 Å². The Kier molecular flexibility index (Phi) is 4.13. The molecule has 8 heteroatoms. The summed E-state index contributed by atoms with van der Waals surface area (Å²) in [6, 6.07) is 6.96. The summed E-state index contributed by atoms with van der Waals surface area (Å²) in [6.07, 6.45) is -3.65. The lowest BCUT2D eigenvalue weighted by Gasteiger charge is -2.31. The molecule has 0 atom stereocenters. The van der Waals surface area contributed by atoms with Gasteiger partial charge in [0.05, 0.1) is 18.4 Å². The molecule has 126 valence electrons. The minimum atomic E-state index is -4.55. The van der Waals surface area contributed by atoms with E-state index in [1.807, 2.05) is 0 Å². The average Bonchev–Trinajstić information content (AvgIpc) is 2.51. The molecule has 0 amide bonds. The molecule has 0 spiro atoms. The standard InChI is InChI=1S/C16H14F3N3O2/c1-24-14(23)11-5-3-10(4-6-11)12-9-13(16(17,18)19)21-15(20-12)22-7-2-8-22/h3-6,9H,2,7-8H2,1H3. The Morgan fingerprint density at radius 2 is 1.83 bits per heavy atom. The van der Waals surface area contributed by atoms with Crippen LogP contribution < -0.4 is 4.90 Å². The van der Waals surface area contributed by atoms with E-state index >= 15 is 0 Å². The van der Waals surface area contributed by atoms with Crippen molar-refractivity contribution in [3.05, 3.63) is 41.6 Å². The number of hydrogen-bond acceptors (Lipinski definition) is 5. The minimum absolute atomic E-state index is 0.0723. The topological polar surface area (TPSA) is 55.3 Å². The van der Waals surface area contributed by atoms with E-state index in [0.717, 1.165) is 12.5 Å². The molecule has 1 aromatic carbocycles. The lowest BCUT2D eigenvalue weighted by atomic mass is 10.1. The monoisotopic (exact) mass is 337 g/mol. The molecule has 0 N–H and O–H groups in total. The van der Waals surface area contributed by atoms with E-state index in [2.05, 4.69) is 14.7 Å². The van der Waals surface area contributed by atoms with Crippen LogP contribution in [0.25, 0.3) is 11.3 Å². The fourth-order valence-corrected chi connectivity index (χ4v) is 2.28. The molecule has 1 aliphatic heterocycles. The van der Waals surface area contributed by atoms with E-state index in [4.69, 9.17) is 0 Å². The first kappa shape index (κ1) is 16.2. The normalized spacial score (nSPS) is 14.2. The second-order valence-electron chi connectivity index (χ2n) is 5.35. The highest BCUT2D eigenvalue weighted by Crippen LogP contribution is 2.32. The van der Waals surface area contributed by atoms with Gasteiger partial charge in [0.25, 0.3) is 0 Å². The van der Waals surface area contributed by atoms with Gasteiger partial charge in [-0.05, 0) is 24.6 Å². The highest BCUT2D eigenvalue weighted by molar-refractivity contribution is 5.89. The number of rotatable bonds is 3. The summed E-state index contributed by atoms with van der Waals surface area (Å²) in [5.41, 5.74) is -0.0336. The van der Waals surface area contributed by atoms with Crippen molar-refractivity contribution in [3.63, 3.8) is 0 Å². The highest BCUT2D eigenvalue weighted by Gasteiger charge is 2.34. The Bertz CT molecular complexity index is 756. The molecule has 0 saturated carbocycles. The summed E-state index contributed by atoms with van der Waals surface area (Å²) in [4.78, 5) is 21.0. The Balaban J connectivity index is 2.01. The molecule has 1 aliphatic rings. The van der Waals surface area contributed by atoms with Crippen molar-refractivity contribution in [1.82, 2.24) is 9.97 Å². The quantitative estimate of drug-likeness (QED) is 0.805. The average molecular weight is 337 g/mol. The van der Waals surface area contributed by atoms with Crippen LogP contribution in [-0.2, 0) is 10.9 Å². The van der Waals surface area contributed by atoms with Crippen molar-refractivity contribution in [3.8, 4) is 11.3 Å². The van der Waals surface area contributed by atoms with E-state index in [9.17, 15) is 18.0 Å². The van der Waals surface area contributed by atoms with Crippen molar-refractivity contribution in [2.75, 3.05) is 25.1 Å². The second-order valence-corrected chi connectivity index (χ2v) is 5.35. The Morgan fingerprint density at radius 1 is 1.17 bits per heavy atom. The summed E-state index contributed by atoms with van der Waals surface area (Å²) < 4.78 is 43.9. The maximum atomic E-state index is 13.1. The number of ether oxygens (including phenoxy) is 1. The Hall–Kier alpha value is -2.64. The fraction of sp³-hybridized carbons (Fsp3) is 0.312. The van der Waals surface area contributed by atoms with E-state index in [1.54, 1.807) is 4.90 Å². The Morgan fingerprint density at radius 3 is 2.33 bits per heavy atom. The van der Waals surface area contributed by atoms with Crippen LogP contribution in [0.3, 0.4) is 0 Å². The van der Waals surface area contributed by atoms with Crippen LogP contribution in [0.2, 0.25) is 0 Å². The van der Waals surface area contributed by atoms with Crippen molar-refractivity contribution >= 4 is 11.9 Å². The van der Waals surface area contributed by atoms with Gasteiger partial charge in [-0.25, -0.2) is 14.8 Å². The molecule has 3 rings (SSSR count). The van der Waals surface area contributed by atoms with Crippen molar-refractivity contribution in [2.24, 2.45) is 0 Å². The van der Waals surface area contributed by atoms with Gasteiger partial charge in [0.15, 0.2) is 5.69 Å². The highest BCUT2D eigenvalue weighted by atomic mass is 19.4. The molecule has 0 unspecified atom stereocenters. The van der Waals surface area contributed by atoms with Crippen molar-refractivity contribution in [2.45, 2.75) is 12.6 Å². The minimum Gasteiger partial charge on any atom is -0.465 e. The van der Waals surface area contributed by atoms with Crippen molar-refractivity contribution < 1.29 is 22.7 Å². The smallest absolute Gasteiger partial charge is 0.433 e. The van der Waals surface area contributed by atoms with Crippen LogP contribution in [0.15, 0.2) is 30.3 Å². The molecule has 0 aliphatic carbocycles. The van der Waals surface area contributed by atoms with Gasteiger partial charge in [0, 0.05) is 18.7 Å². The SMILES string of the molecule is COC(=O)c1ccc(-c2cc(C(F)(F)F)nc(N3CCC3)n2)cc1. The molecule has 24 heavy (non-hydrogen) atoms. The number of anilines is 1. The molecule has 5 nitrogen and oxygen atoms in total. The lowest BCUT2D eigenvalue weighted by Crippen LogP contribution is -2.38. The van der Waals surface area contributed by atoms with Gasteiger partial charge in [0.2, 0.25) is 5.95 Å². The zero-order chi connectivity index (χ0) is 17.3. The molecule has 2 heterocycles. The maximum Gasteiger partial charge on any atom is 0.433 e. The number of carbonyl (C=O) groups excluding carboxylic acids is 1. The number of methoxy groups -OCH3 is 1. The predicted molar refractivity (Wildman–Crippen MR) is 80.6 cm³/mol. The number of nitrogens with zero attached hydrogens (tertiary/aromatic N) is 3. The van der Waals surface area contributed by atoms with E-state index in [1.165, 1.54) is 31.4 Å². The summed E-state index contributed by atoms with van der Waals surface area (Å²) in [5.74, 6) is -0.440. The fourth-order valence-electron chi connectivity index (χ4n) is 2.28. The number of aromatic nitrogens is 2. The van der Waals surface area contributed by atoms with Gasteiger partial charge >= 0.3 is 12.1 Å². The number of hydrogen-bond donors (Lipinski definition) is 0. The first-order chi connectivity index (χ1) is 11.4. The van der Waals surface area contributed by atoms with Gasteiger partial charge in [0.1, 0.15) is 0 Å². The predicted octanol–water partition coefficient (Wildman–Crippen LogP) is 3.16. The second kappa shape index (κ2) is 6.10. The number of esters is 1. The number of alkyl halides is 3. The van der Waals surface area contributed by atoms with Crippen LogP contribution in [0.5, 0.6) is 0 Å². The number of halogens is 3. The van der Waals surface area contributed by atoms with E-state index < -0.39 is 17.8 Å². The summed E-state index contributed by atoms with van der Waals surface area (Å²) in [5, 5.41) is 0. The zero-order valence-electron chi connectivity index (χ0n) is 12.8. The molecule has 1 saturated heterocycles. The van der Waals surface area contributed by atoms with E-state index in [0.29, 0.717) is 24.2 Å². The van der Waals surface area contributed by atoms with Gasteiger partial charge in [-0.1, -0.05) is 12.1 Å². The molecule has 0 radical (unpaired) electrons. The third-order valence-corrected chi connectivity index (χ3v) is 3.75. The van der Waals surface area contributed by atoms with Crippen LogP contribution in [0.1, 0.15) is 22.5 Å².